The molecule has 0 unspecified atom stereocenters. The molecular weight excluding hydrogens is 215 g/mol. The number of halogens is 1. The second-order valence-corrected chi connectivity index (χ2v) is 3.57. The highest BCUT2D eigenvalue weighted by molar-refractivity contribution is 5.67. The molecule has 2 rings (SSSR count). The minimum atomic E-state index is -0.251. The molecule has 0 aliphatic heterocycles. The Morgan fingerprint density at radius 2 is 1.71 bits per heavy atom. The monoisotopic (exact) mass is 226 g/mol. The summed E-state index contributed by atoms with van der Waals surface area (Å²) in [6.07, 6.45) is 5.41. The third kappa shape index (κ3) is 2.29. The van der Waals surface area contributed by atoms with Gasteiger partial charge in [-0.1, -0.05) is 24.1 Å². The maximum absolute atomic E-state index is 12.8. The lowest BCUT2D eigenvalue weighted by Crippen LogP contribution is -1.88. The zero-order chi connectivity index (χ0) is 12.3. The van der Waals surface area contributed by atoms with Gasteiger partial charge in [-0.25, -0.2) is 4.39 Å². The molecule has 84 valence electrons. The molecule has 0 heterocycles. The summed E-state index contributed by atoms with van der Waals surface area (Å²) in [5.74, 6) is 2.98. The summed E-state index contributed by atoms with van der Waals surface area (Å²) in [4.78, 5) is 0. The molecule has 0 aliphatic carbocycles. The maximum Gasteiger partial charge on any atom is 0.134 e. The van der Waals surface area contributed by atoms with E-state index in [0.717, 1.165) is 11.1 Å². The van der Waals surface area contributed by atoms with E-state index < -0.39 is 0 Å². The van der Waals surface area contributed by atoms with Gasteiger partial charge in [-0.2, -0.15) is 0 Å². The highest BCUT2D eigenvalue weighted by Crippen LogP contribution is 2.26. The van der Waals surface area contributed by atoms with Crippen molar-refractivity contribution in [3.05, 3.63) is 53.8 Å². The van der Waals surface area contributed by atoms with Gasteiger partial charge in [0, 0.05) is 0 Å². The Balaban J connectivity index is 2.47. The molecule has 0 aromatic heterocycles. The van der Waals surface area contributed by atoms with E-state index in [1.807, 2.05) is 18.2 Å². The predicted octanol–water partition coefficient (Wildman–Crippen LogP) is 3.48. The Labute approximate surface area is 99.9 Å². The van der Waals surface area contributed by atoms with Gasteiger partial charge in [0.1, 0.15) is 11.6 Å². The summed E-state index contributed by atoms with van der Waals surface area (Å²) in [6.45, 7) is 0. The first kappa shape index (κ1) is 11.2. The zero-order valence-electron chi connectivity index (χ0n) is 9.41. The molecule has 2 aromatic rings. The summed E-state index contributed by atoms with van der Waals surface area (Å²) in [5.41, 5.74) is 2.55. The van der Waals surface area contributed by atoms with Crippen LogP contribution in [0.25, 0.3) is 11.1 Å². The predicted molar refractivity (Wildman–Crippen MR) is 66.3 cm³/mol. The van der Waals surface area contributed by atoms with E-state index in [2.05, 4.69) is 5.92 Å². The van der Waals surface area contributed by atoms with E-state index in [1.54, 1.807) is 19.2 Å². The van der Waals surface area contributed by atoms with Gasteiger partial charge in [-0.3, -0.25) is 0 Å². The van der Waals surface area contributed by atoms with Crippen LogP contribution in [-0.2, 0) is 0 Å². The first-order valence-electron chi connectivity index (χ1n) is 5.15. The fourth-order valence-electron chi connectivity index (χ4n) is 1.64. The average molecular weight is 226 g/mol. The van der Waals surface area contributed by atoms with Crippen molar-refractivity contribution in [3.8, 4) is 29.2 Å². The standard InChI is InChI=1S/C15H11FO/c1-3-11-10-13(6-9-15(11)17-2)12-4-7-14(16)8-5-12/h1,4-10H,2H3. The van der Waals surface area contributed by atoms with Gasteiger partial charge < -0.3 is 4.74 Å². The summed E-state index contributed by atoms with van der Waals surface area (Å²) in [7, 11) is 1.58. The quantitative estimate of drug-likeness (QED) is 0.712. The van der Waals surface area contributed by atoms with E-state index in [4.69, 9.17) is 11.2 Å². The molecule has 0 spiro atoms. The van der Waals surface area contributed by atoms with E-state index in [9.17, 15) is 4.39 Å². The molecule has 0 aliphatic rings. The van der Waals surface area contributed by atoms with Gasteiger partial charge in [0.25, 0.3) is 0 Å². The Morgan fingerprint density at radius 1 is 1.06 bits per heavy atom. The molecule has 17 heavy (non-hydrogen) atoms. The molecule has 0 N–H and O–H groups in total. The van der Waals surface area contributed by atoms with Crippen LogP contribution in [0.5, 0.6) is 5.75 Å². The second-order valence-electron chi connectivity index (χ2n) is 3.57. The third-order valence-corrected chi connectivity index (χ3v) is 2.53. The van der Waals surface area contributed by atoms with Gasteiger partial charge in [-0.15, -0.1) is 6.42 Å². The van der Waals surface area contributed by atoms with Crippen LogP contribution in [0.1, 0.15) is 5.56 Å². The Morgan fingerprint density at radius 3 is 2.29 bits per heavy atom. The van der Waals surface area contributed by atoms with Crippen molar-refractivity contribution in [2.45, 2.75) is 0 Å². The third-order valence-electron chi connectivity index (χ3n) is 2.53. The highest BCUT2D eigenvalue weighted by atomic mass is 19.1. The van der Waals surface area contributed by atoms with Crippen LogP contribution in [0.3, 0.4) is 0 Å². The number of terminal acetylenes is 1. The molecular formula is C15H11FO. The van der Waals surface area contributed by atoms with Crippen LogP contribution >= 0.6 is 0 Å². The Hall–Kier alpha value is -2.27. The lowest BCUT2D eigenvalue weighted by molar-refractivity contribution is 0.413. The number of benzene rings is 2. The number of rotatable bonds is 2. The van der Waals surface area contributed by atoms with Gasteiger partial charge in [0.2, 0.25) is 0 Å². The Kier molecular flexibility index (Phi) is 3.11. The van der Waals surface area contributed by atoms with Crippen LogP contribution in [-0.4, -0.2) is 7.11 Å². The van der Waals surface area contributed by atoms with E-state index >= 15 is 0 Å². The Bertz CT molecular complexity index is 564. The van der Waals surface area contributed by atoms with Crippen LogP contribution in [0.15, 0.2) is 42.5 Å². The molecule has 0 saturated carbocycles. The number of hydrogen-bond donors (Lipinski definition) is 0. The van der Waals surface area contributed by atoms with E-state index in [0.29, 0.717) is 11.3 Å². The van der Waals surface area contributed by atoms with Gasteiger partial charge in [-0.05, 0) is 35.4 Å². The minimum Gasteiger partial charge on any atom is -0.495 e. The van der Waals surface area contributed by atoms with Crippen molar-refractivity contribution in [3.63, 3.8) is 0 Å². The van der Waals surface area contributed by atoms with Gasteiger partial charge in [0.05, 0.1) is 12.7 Å². The summed E-state index contributed by atoms with van der Waals surface area (Å²) < 4.78 is 18.0. The molecule has 2 heteroatoms. The maximum atomic E-state index is 12.8. The minimum absolute atomic E-state index is 0.251. The van der Waals surface area contributed by atoms with E-state index in [1.165, 1.54) is 12.1 Å². The van der Waals surface area contributed by atoms with Gasteiger partial charge in [0.15, 0.2) is 0 Å². The molecule has 0 fully saturated rings. The first-order valence-corrected chi connectivity index (χ1v) is 5.15. The molecule has 0 atom stereocenters. The zero-order valence-corrected chi connectivity index (χ0v) is 9.41. The van der Waals surface area contributed by atoms with Crippen LogP contribution in [0.4, 0.5) is 4.39 Å². The number of hydrogen-bond acceptors (Lipinski definition) is 1. The van der Waals surface area contributed by atoms with Crippen LogP contribution in [0, 0.1) is 18.2 Å². The van der Waals surface area contributed by atoms with Crippen molar-refractivity contribution in [1.82, 2.24) is 0 Å². The smallest absolute Gasteiger partial charge is 0.134 e. The number of ether oxygens (including phenoxy) is 1. The van der Waals surface area contributed by atoms with Crippen molar-refractivity contribution in [2.24, 2.45) is 0 Å². The van der Waals surface area contributed by atoms with Crippen molar-refractivity contribution in [2.75, 3.05) is 7.11 Å². The number of methoxy groups -OCH3 is 1. The summed E-state index contributed by atoms with van der Waals surface area (Å²) in [6, 6.07) is 11.9. The van der Waals surface area contributed by atoms with Gasteiger partial charge >= 0.3 is 0 Å². The summed E-state index contributed by atoms with van der Waals surface area (Å²) >= 11 is 0. The molecule has 0 radical (unpaired) electrons. The highest BCUT2D eigenvalue weighted by Gasteiger charge is 2.04. The topological polar surface area (TPSA) is 9.23 Å². The molecule has 0 bridgehead atoms. The van der Waals surface area contributed by atoms with E-state index in [-0.39, 0.29) is 5.82 Å². The average Bonchev–Trinajstić information content (AvgIpc) is 2.39. The fraction of sp³-hybridized carbons (Fsp3) is 0.0667. The fourth-order valence-corrected chi connectivity index (χ4v) is 1.64. The summed E-state index contributed by atoms with van der Waals surface area (Å²) in [5, 5.41) is 0. The van der Waals surface area contributed by atoms with Crippen LogP contribution < -0.4 is 4.74 Å². The lowest BCUT2D eigenvalue weighted by Gasteiger charge is -2.06. The van der Waals surface area contributed by atoms with Crippen molar-refractivity contribution < 1.29 is 9.13 Å². The van der Waals surface area contributed by atoms with Crippen molar-refractivity contribution >= 4 is 0 Å². The van der Waals surface area contributed by atoms with Crippen molar-refractivity contribution in [1.29, 1.82) is 0 Å². The molecule has 0 saturated heterocycles. The lowest BCUT2D eigenvalue weighted by atomic mass is 10.0. The van der Waals surface area contributed by atoms with Crippen LogP contribution in [0.2, 0.25) is 0 Å². The SMILES string of the molecule is C#Cc1cc(-c2ccc(F)cc2)ccc1OC. The second kappa shape index (κ2) is 4.71. The largest absolute Gasteiger partial charge is 0.495 e. The molecule has 2 aromatic carbocycles. The molecule has 1 nitrogen and oxygen atoms in total. The normalized spacial score (nSPS) is 9.71. The molecule has 0 amide bonds. The first-order chi connectivity index (χ1) is 8.24.